The van der Waals surface area contributed by atoms with Gasteiger partial charge in [-0.15, -0.1) is 21.5 Å². The van der Waals surface area contributed by atoms with Crippen LogP contribution in [0.25, 0.3) is 33.1 Å². The van der Waals surface area contributed by atoms with Gasteiger partial charge in [-0.05, 0) is 34.4 Å². The molecule has 150 valence electrons. The fourth-order valence-electron chi connectivity index (χ4n) is 3.12. The largest absolute Gasteiger partial charge is 0.472 e. The Kier molecular flexibility index (Phi) is 4.96. The molecular formula is C22H14N6O2S. The van der Waals surface area contributed by atoms with Crippen LogP contribution < -0.4 is 4.74 Å². The second kappa shape index (κ2) is 8.22. The predicted molar refractivity (Wildman–Crippen MR) is 114 cm³/mol. The highest BCUT2D eigenvalue weighted by molar-refractivity contribution is 7.13. The van der Waals surface area contributed by atoms with Gasteiger partial charge in [0.2, 0.25) is 11.7 Å². The average molecular weight is 426 g/mol. The number of furan rings is 1. The summed E-state index contributed by atoms with van der Waals surface area (Å²) in [6.45, 7) is 0.257. The molecule has 9 heteroatoms. The van der Waals surface area contributed by atoms with E-state index in [1.54, 1.807) is 23.9 Å². The highest BCUT2D eigenvalue weighted by atomic mass is 32.1. The van der Waals surface area contributed by atoms with Gasteiger partial charge in [0.1, 0.15) is 18.2 Å². The number of aromatic amines is 1. The number of ether oxygens (including phenoxy) is 1. The molecule has 8 nitrogen and oxygen atoms in total. The van der Waals surface area contributed by atoms with Gasteiger partial charge in [0.05, 0.1) is 23.1 Å². The van der Waals surface area contributed by atoms with E-state index >= 15 is 0 Å². The lowest BCUT2D eigenvalue weighted by Crippen LogP contribution is -2.02. The lowest BCUT2D eigenvalue weighted by molar-refractivity contribution is 0.293. The standard InChI is InChI=1S/C22H14N6O2S/c23-11-18-17(16-7-8-29-13-16)10-19(20-2-1-9-31-20)24-22(18)30-12-14-3-5-15(6-4-14)21-25-27-28-26-21/h1-10,13H,12H2,(H,25,26,27,28). The average Bonchev–Trinajstić information content (AvgIpc) is 3.60. The van der Waals surface area contributed by atoms with E-state index in [4.69, 9.17) is 9.15 Å². The third-order valence-corrected chi connectivity index (χ3v) is 5.53. The molecule has 0 atom stereocenters. The van der Waals surface area contributed by atoms with E-state index in [1.807, 2.05) is 53.9 Å². The van der Waals surface area contributed by atoms with Gasteiger partial charge in [0, 0.05) is 16.7 Å². The molecule has 0 fully saturated rings. The van der Waals surface area contributed by atoms with Gasteiger partial charge in [0.25, 0.3) is 0 Å². The van der Waals surface area contributed by atoms with Crippen LogP contribution in [0.1, 0.15) is 11.1 Å². The summed E-state index contributed by atoms with van der Waals surface area (Å²) in [5, 5.41) is 25.8. The molecule has 31 heavy (non-hydrogen) atoms. The molecule has 0 aliphatic heterocycles. The molecule has 5 rings (SSSR count). The molecule has 0 unspecified atom stereocenters. The van der Waals surface area contributed by atoms with Gasteiger partial charge in [-0.2, -0.15) is 10.5 Å². The smallest absolute Gasteiger partial charge is 0.233 e. The van der Waals surface area contributed by atoms with E-state index < -0.39 is 0 Å². The fraction of sp³-hybridized carbons (Fsp3) is 0.0455. The molecule has 0 bridgehead atoms. The fourth-order valence-corrected chi connectivity index (χ4v) is 3.80. The summed E-state index contributed by atoms with van der Waals surface area (Å²) in [4.78, 5) is 5.62. The summed E-state index contributed by atoms with van der Waals surface area (Å²) in [5.74, 6) is 0.807. The van der Waals surface area contributed by atoms with Crippen molar-refractivity contribution in [3.63, 3.8) is 0 Å². The maximum Gasteiger partial charge on any atom is 0.233 e. The molecule has 0 amide bonds. The quantitative estimate of drug-likeness (QED) is 0.418. The molecule has 4 aromatic heterocycles. The van der Waals surface area contributed by atoms with E-state index in [9.17, 15) is 5.26 Å². The number of nitrogens with one attached hydrogen (secondary N) is 1. The molecule has 0 aliphatic carbocycles. The Hall–Kier alpha value is -4.29. The van der Waals surface area contributed by atoms with Crippen LogP contribution in [0.2, 0.25) is 0 Å². The van der Waals surface area contributed by atoms with Crippen molar-refractivity contribution in [1.82, 2.24) is 25.6 Å². The topological polar surface area (TPSA) is 114 Å². The summed E-state index contributed by atoms with van der Waals surface area (Å²) in [6, 6.07) is 17.5. The van der Waals surface area contributed by atoms with Crippen LogP contribution in [0.5, 0.6) is 5.88 Å². The molecule has 0 saturated carbocycles. The lowest BCUT2D eigenvalue weighted by atomic mass is 10.0. The molecule has 0 radical (unpaired) electrons. The van der Waals surface area contributed by atoms with E-state index in [0.29, 0.717) is 11.4 Å². The highest BCUT2D eigenvalue weighted by Gasteiger charge is 2.18. The number of nitrogens with zero attached hydrogens (tertiary/aromatic N) is 5. The van der Waals surface area contributed by atoms with Crippen molar-refractivity contribution in [1.29, 1.82) is 5.26 Å². The van der Waals surface area contributed by atoms with Gasteiger partial charge in [-0.25, -0.2) is 4.98 Å². The Morgan fingerprint density at radius 1 is 1.13 bits per heavy atom. The summed E-state index contributed by atoms with van der Waals surface area (Å²) < 4.78 is 11.2. The Morgan fingerprint density at radius 3 is 2.71 bits per heavy atom. The van der Waals surface area contributed by atoms with Crippen molar-refractivity contribution in [3.8, 4) is 45.0 Å². The minimum atomic E-state index is 0.257. The number of hydrogen-bond donors (Lipinski definition) is 1. The van der Waals surface area contributed by atoms with Gasteiger partial charge in [-0.3, -0.25) is 0 Å². The zero-order chi connectivity index (χ0) is 21.0. The Bertz CT molecular complexity index is 1320. The first-order valence-corrected chi connectivity index (χ1v) is 10.2. The number of pyridine rings is 1. The first-order valence-electron chi connectivity index (χ1n) is 9.29. The third kappa shape index (κ3) is 3.80. The van der Waals surface area contributed by atoms with E-state index in [-0.39, 0.29) is 12.5 Å². The van der Waals surface area contributed by atoms with Gasteiger partial charge < -0.3 is 9.15 Å². The number of hydrogen-bond acceptors (Lipinski definition) is 8. The van der Waals surface area contributed by atoms with Crippen LogP contribution in [0, 0.1) is 11.3 Å². The molecule has 0 spiro atoms. The minimum absolute atomic E-state index is 0.257. The number of benzene rings is 1. The first-order chi connectivity index (χ1) is 15.3. The second-order valence-corrected chi connectivity index (χ2v) is 7.51. The van der Waals surface area contributed by atoms with E-state index in [1.165, 1.54) is 0 Å². The monoisotopic (exact) mass is 426 g/mol. The normalized spacial score (nSPS) is 10.7. The Labute approximate surface area is 180 Å². The maximum absolute atomic E-state index is 9.84. The van der Waals surface area contributed by atoms with Crippen molar-refractivity contribution in [2.45, 2.75) is 6.61 Å². The van der Waals surface area contributed by atoms with Gasteiger partial charge in [-0.1, -0.05) is 30.3 Å². The summed E-state index contributed by atoms with van der Waals surface area (Å²) >= 11 is 1.57. The summed E-state index contributed by atoms with van der Waals surface area (Å²) in [5.41, 5.74) is 4.39. The molecule has 5 aromatic rings. The third-order valence-electron chi connectivity index (χ3n) is 4.64. The predicted octanol–water partition coefficient (Wildman–Crippen LogP) is 4.70. The molecular weight excluding hydrogens is 412 g/mol. The highest BCUT2D eigenvalue weighted by Crippen LogP contribution is 2.35. The SMILES string of the molecule is N#Cc1c(-c2ccoc2)cc(-c2cccs2)nc1OCc1ccc(-c2nn[nH]n2)cc1. The lowest BCUT2D eigenvalue weighted by Gasteiger charge is -2.12. The van der Waals surface area contributed by atoms with Crippen molar-refractivity contribution in [2.24, 2.45) is 0 Å². The van der Waals surface area contributed by atoms with Gasteiger partial charge in [0.15, 0.2) is 0 Å². The van der Waals surface area contributed by atoms with Crippen LogP contribution >= 0.6 is 11.3 Å². The summed E-state index contributed by atoms with van der Waals surface area (Å²) in [6.07, 6.45) is 3.18. The minimum Gasteiger partial charge on any atom is -0.472 e. The number of aromatic nitrogens is 5. The number of tetrazole rings is 1. The maximum atomic E-state index is 9.84. The number of rotatable bonds is 6. The van der Waals surface area contributed by atoms with Crippen LogP contribution in [-0.4, -0.2) is 25.6 Å². The Balaban J connectivity index is 1.47. The van der Waals surface area contributed by atoms with Crippen molar-refractivity contribution < 1.29 is 9.15 Å². The second-order valence-electron chi connectivity index (χ2n) is 6.56. The van der Waals surface area contributed by atoms with E-state index in [0.717, 1.165) is 32.8 Å². The molecule has 1 N–H and O–H groups in total. The van der Waals surface area contributed by atoms with Crippen molar-refractivity contribution in [3.05, 3.63) is 77.6 Å². The van der Waals surface area contributed by atoms with Crippen LogP contribution in [0.4, 0.5) is 0 Å². The first kappa shape index (κ1) is 18.7. The van der Waals surface area contributed by atoms with Crippen molar-refractivity contribution in [2.75, 3.05) is 0 Å². The number of H-pyrrole nitrogens is 1. The molecule has 1 aromatic carbocycles. The number of thiophene rings is 1. The van der Waals surface area contributed by atoms with E-state index in [2.05, 4.69) is 31.7 Å². The summed E-state index contributed by atoms with van der Waals surface area (Å²) in [7, 11) is 0. The van der Waals surface area contributed by atoms with Crippen LogP contribution in [0.15, 0.2) is 70.9 Å². The van der Waals surface area contributed by atoms with Crippen LogP contribution in [-0.2, 0) is 6.61 Å². The van der Waals surface area contributed by atoms with Gasteiger partial charge >= 0.3 is 0 Å². The zero-order valence-corrected chi connectivity index (χ0v) is 16.8. The Morgan fingerprint density at radius 2 is 2.03 bits per heavy atom. The number of nitriles is 1. The zero-order valence-electron chi connectivity index (χ0n) is 16.0. The molecule has 4 heterocycles. The van der Waals surface area contributed by atoms with Crippen molar-refractivity contribution >= 4 is 11.3 Å². The van der Waals surface area contributed by atoms with Crippen LogP contribution in [0.3, 0.4) is 0 Å². The molecule has 0 aliphatic rings. The molecule has 0 saturated heterocycles.